The predicted octanol–water partition coefficient (Wildman–Crippen LogP) is 3.27. The van der Waals surface area contributed by atoms with Crippen LogP contribution in [-0.4, -0.2) is 17.5 Å². The normalized spacial score (nSPS) is 26.3. The van der Waals surface area contributed by atoms with Crippen LogP contribution in [0.5, 0.6) is 5.75 Å². The molecule has 2 heterocycles. The third-order valence-electron chi connectivity index (χ3n) is 5.27. The fraction of sp³-hybridized carbons (Fsp3) is 0.333. The molecule has 2 aliphatic heterocycles. The zero-order valence-electron chi connectivity index (χ0n) is 15.1. The highest BCUT2D eigenvalue weighted by atomic mass is 16.5. The lowest BCUT2D eigenvalue weighted by atomic mass is 9.74. The zero-order chi connectivity index (χ0) is 18.5. The third kappa shape index (κ3) is 2.73. The van der Waals surface area contributed by atoms with Gasteiger partial charge < -0.3 is 15.4 Å². The lowest BCUT2D eigenvalue weighted by Crippen LogP contribution is -2.62. The van der Waals surface area contributed by atoms with Crippen molar-refractivity contribution in [1.29, 1.82) is 0 Å². The molecular formula is C21H22N2O3. The molecule has 2 aromatic carbocycles. The van der Waals surface area contributed by atoms with Crippen molar-refractivity contribution in [1.82, 2.24) is 5.32 Å². The van der Waals surface area contributed by atoms with E-state index >= 15 is 0 Å². The molecule has 5 heteroatoms. The van der Waals surface area contributed by atoms with E-state index in [1.807, 2.05) is 63.2 Å². The van der Waals surface area contributed by atoms with Gasteiger partial charge in [0.05, 0.1) is 0 Å². The van der Waals surface area contributed by atoms with Gasteiger partial charge in [0.25, 0.3) is 0 Å². The number of amides is 2. The first-order valence-corrected chi connectivity index (χ1v) is 8.84. The van der Waals surface area contributed by atoms with Crippen LogP contribution in [0.1, 0.15) is 36.0 Å². The summed E-state index contributed by atoms with van der Waals surface area (Å²) in [5.74, 6) is -0.825. The molecule has 2 aliphatic rings. The lowest BCUT2D eigenvalue weighted by molar-refractivity contribution is -0.145. The second-order valence-corrected chi connectivity index (χ2v) is 7.46. The van der Waals surface area contributed by atoms with E-state index in [-0.39, 0.29) is 17.7 Å². The minimum Gasteiger partial charge on any atom is -0.468 e. The maximum Gasteiger partial charge on any atom is 0.237 e. The van der Waals surface area contributed by atoms with Gasteiger partial charge in [-0.05, 0) is 49.6 Å². The SMILES string of the molecule is Cc1ccc(C)c(NC(=O)[C@@H]2C(=O)N[C@@]3(C)C[C@H]2c2ccccc2O3)c1. The average molecular weight is 350 g/mol. The molecule has 2 N–H and O–H groups in total. The van der Waals surface area contributed by atoms with Crippen LogP contribution in [0.25, 0.3) is 0 Å². The minimum absolute atomic E-state index is 0.205. The number of hydrogen-bond donors (Lipinski definition) is 2. The summed E-state index contributed by atoms with van der Waals surface area (Å²) >= 11 is 0. The largest absolute Gasteiger partial charge is 0.468 e. The molecule has 1 saturated heterocycles. The highest BCUT2D eigenvalue weighted by molar-refractivity contribution is 6.08. The van der Waals surface area contributed by atoms with Crippen LogP contribution in [0.4, 0.5) is 5.69 Å². The fourth-order valence-electron chi connectivity index (χ4n) is 3.97. The molecule has 0 radical (unpaired) electrons. The number of carbonyl (C=O) groups excluding carboxylic acids is 2. The number of nitrogens with one attached hydrogen (secondary N) is 2. The number of hydrogen-bond acceptors (Lipinski definition) is 3. The summed E-state index contributed by atoms with van der Waals surface area (Å²) < 4.78 is 5.98. The number of aryl methyl sites for hydroxylation is 2. The highest BCUT2D eigenvalue weighted by Gasteiger charge is 2.51. The zero-order valence-corrected chi connectivity index (χ0v) is 15.1. The molecule has 5 nitrogen and oxygen atoms in total. The van der Waals surface area contributed by atoms with Crippen LogP contribution in [0.2, 0.25) is 0 Å². The molecule has 2 aromatic rings. The molecule has 3 atom stereocenters. The topological polar surface area (TPSA) is 67.4 Å². The molecule has 1 fully saturated rings. The first kappa shape index (κ1) is 16.6. The van der Waals surface area contributed by atoms with E-state index in [0.717, 1.165) is 28.1 Å². The van der Waals surface area contributed by atoms with Gasteiger partial charge in [-0.2, -0.15) is 0 Å². The smallest absolute Gasteiger partial charge is 0.237 e. The maximum absolute atomic E-state index is 13.0. The molecule has 4 rings (SSSR count). The molecule has 0 aromatic heterocycles. The molecule has 26 heavy (non-hydrogen) atoms. The Morgan fingerprint density at radius 2 is 2.00 bits per heavy atom. The maximum atomic E-state index is 13.0. The lowest BCUT2D eigenvalue weighted by Gasteiger charge is -2.46. The van der Waals surface area contributed by atoms with Crippen LogP contribution >= 0.6 is 0 Å². The summed E-state index contributed by atoms with van der Waals surface area (Å²) in [5, 5.41) is 5.84. The van der Waals surface area contributed by atoms with Gasteiger partial charge in [-0.15, -0.1) is 0 Å². The molecular weight excluding hydrogens is 328 g/mol. The van der Waals surface area contributed by atoms with Gasteiger partial charge in [0, 0.05) is 18.0 Å². The quantitative estimate of drug-likeness (QED) is 0.817. The van der Waals surface area contributed by atoms with E-state index < -0.39 is 11.6 Å². The Kier molecular flexibility index (Phi) is 3.75. The van der Waals surface area contributed by atoms with Crippen molar-refractivity contribution in [3.63, 3.8) is 0 Å². The number of carbonyl (C=O) groups is 2. The Morgan fingerprint density at radius 1 is 1.23 bits per heavy atom. The van der Waals surface area contributed by atoms with Gasteiger partial charge in [-0.3, -0.25) is 9.59 Å². The van der Waals surface area contributed by atoms with Crippen molar-refractivity contribution in [2.45, 2.75) is 38.8 Å². The first-order chi connectivity index (χ1) is 12.4. The predicted molar refractivity (Wildman–Crippen MR) is 99.0 cm³/mol. The van der Waals surface area contributed by atoms with Crippen LogP contribution < -0.4 is 15.4 Å². The van der Waals surface area contributed by atoms with Crippen LogP contribution in [-0.2, 0) is 9.59 Å². The molecule has 0 aliphatic carbocycles. The number of para-hydroxylation sites is 1. The van der Waals surface area contributed by atoms with Crippen molar-refractivity contribution in [3.05, 3.63) is 59.2 Å². The van der Waals surface area contributed by atoms with E-state index in [4.69, 9.17) is 4.74 Å². The summed E-state index contributed by atoms with van der Waals surface area (Å²) in [5.41, 5.74) is 2.92. The van der Waals surface area contributed by atoms with E-state index in [1.165, 1.54) is 0 Å². The number of fused-ring (bicyclic) bond motifs is 4. The van der Waals surface area contributed by atoms with Crippen molar-refractivity contribution < 1.29 is 14.3 Å². The van der Waals surface area contributed by atoms with Gasteiger partial charge in [-0.25, -0.2) is 0 Å². The molecule has 2 bridgehead atoms. The molecule has 134 valence electrons. The molecule has 2 amide bonds. The van der Waals surface area contributed by atoms with Crippen molar-refractivity contribution in [2.24, 2.45) is 5.92 Å². The Morgan fingerprint density at radius 3 is 2.81 bits per heavy atom. The van der Waals surface area contributed by atoms with Crippen molar-refractivity contribution >= 4 is 17.5 Å². The minimum atomic E-state index is -0.784. The van der Waals surface area contributed by atoms with Gasteiger partial charge in [0.1, 0.15) is 11.7 Å². The number of anilines is 1. The fourth-order valence-corrected chi connectivity index (χ4v) is 3.97. The van der Waals surface area contributed by atoms with Crippen LogP contribution in [0.3, 0.4) is 0 Å². The summed E-state index contributed by atoms with van der Waals surface area (Å²) in [6.07, 6.45) is 0.570. The van der Waals surface area contributed by atoms with Gasteiger partial charge in [-0.1, -0.05) is 30.3 Å². The van der Waals surface area contributed by atoms with Gasteiger partial charge in [0.15, 0.2) is 5.72 Å². The molecule has 0 unspecified atom stereocenters. The monoisotopic (exact) mass is 350 g/mol. The Labute approximate surface area is 152 Å². The van der Waals surface area contributed by atoms with Crippen LogP contribution in [0.15, 0.2) is 42.5 Å². The van der Waals surface area contributed by atoms with Crippen LogP contribution in [0, 0.1) is 19.8 Å². The number of rotatable bonds is 2. The van der Waals surface area contributed by atoms with E-state index in [1.54, 1.807) is 0 Å². The number of benzene rings is 2. The average Bonchev–Trinajstić information content (AvgIpc) is 2.57. The van der Waals surface area contributed by atoms with E-state index in [9.17, 15) is 9.59 Å². The first-order valence-electron chi connectivity index (χ1n) is 8.84. The summed E-state index contributed by atoms with van der Waals surface area (Å²) in [6.45, 7) is 5.77. The highest BCUT2D eigenvalue weighted by Crippen LogP contribution is 2.46. The molecule has 0 saturated carbocycles. The van der Waals surface area contributed by atoms with Crippen molar-refractivity contribution in [2.75, 3.05) is 5.32 Å². The third-order valence-corrected chi connectivity index (χ3v) is 5.27. The molecule has 0 spiro atoms. The summed E-state index contributed by atoms with van der Waals surface area (Å²) in [6, 6.07) is 13.5. The Balaban J connectivity index is 1.69. The summed E-state index contributed by atoms with van der Waals surface area (Å²) in [7, 11) is 0. The van der Waals surface area contributed by atoms with E-state index in [0.29, 0.717) is 6.42 Å². The number of piperidine rings is 1. The second kappa shape index (κ2) is 5.87. The standard InChI is InChI=1S/C21H22N2O3/c1-12-8-9-13(2)16(10-12)22-19(24)18-15-11-21(3,23-20(18)25)26-17-7-5-4-6-14(15)17/h4-10,15,18H,11H2,1-3H3,(H,22,24)(H,23,25)/t15-,18+,21+/m0/s1. The van der Waals surface area contributed by atoms with Crippen molar-refractivity contribution in [3.8, 4) is 5.75 Å². The van der Waals surface area contributed by atoms with Gasteiger partial charge in [0.2, 0.25) is 11.8 Å². The number of ether oxygens (including phenoxy) is 1. The second-order valence-electron chi connectivity index (χ2n) is 7.46. The Hall–Kier alpha value is -2.82. The van der Waals surface area contributed by atoms with E-state index in [2.05, 4.69) is 10.6 Å². The Bertz CT molecular complexity index is 908. The summed E-state index contributed by atoms with van der Waals surface area (Å²) in [4.78, 5) is 25.8. The van der Waals surface area contributed by atoms with Gasteiger partial charge >= 0.3 is 0 Å².